The molecule has 2 heterocycles. The third-order valence-electron chi connectivity index (χ3n) is 2.44. The number of ether oxygens (including phenoxy) is 2. The van der Waals surface area contributed by atoms with Crippen LogP contribution in [0.5, 0.6) is 11.5 Å². The molecule has 0 amide bonds. The lowest BCUT2D eigenvalue weighted by atomic mass is 10.1. The predicted molar refractivity (Wildman–Crippen MR) is 62.7 cm³/mol. The highest BCUT2D eigenvalue weighted by molar-refractivity contribution is 9.10. The van der Waals surface area contributed by atoms with Crippen LogP contribution in [0.3, 0.4) is 0 Å². The van der Waals surface area contributed by atoms with E-state index >= 15 is 0 Å². The molecule has 1 aromatic carbocycles. The van der Waals surface area contributed by atoms with E-state index in [-0.39, 0.29) is 12.6 Å². The molecule has 6 nitrogen and oxygen atoms in total. The molecule has 1 N–H and O–H groups in total. The maximum atomic E-state index is 10.7. The lowest BCUT2D eigenvalue weighted by molar-refractivity contribution is 0.0652. The molecule has 0 unspecified atom stereocenters. The molecule has 2 aromatic rings. The van der Waals surface area contributed by atoms with Gasteiger partial charge in [-0.25, -0.2) is 4.79 Å². The van der Waals surface area contributed by atoms with E-state index in [0.717, 1.165) is 0 Å². The zero-order valence-corrected chi connectivity index (χ0v) is 10.4. The quantitative estimate of drug-likeness (QED) is 0.917. The van der Waals surface area contributed by atoms with Crippen LogP contribution in [0.4, 0.5) is 0 Å². The fourth-order valence-electron chi connectivity index (χ4n) is 1.63. The number of aromatic carboxylic acids is 1. The van der Waals surface area contributed by atoms with Crippen molar-refractivity contribution >= 4 is 21.9 Å². The van der Waals surface area contributed by atoms with E-state index in [1.165, 1.54) is 6.07 Å². The van der Waals surface area contributed by atoms with Gasteiger partial charge >= 0.3 is 5.97 Å². The first-order valence-electron chi connectivity index (χ1n) is 4.94. The fourth-order valence-corrected chi connectivity index (χ4v) is 2.18. The Morgan fingerprint density at radius 1 is 1.33 bits per heavy atom. The molecule has 1 aliphatic rings. The Hall–Kier alpha value is -2.02. The third kappa shape index (κ3) is 1.72. The van der Waals surface area contributed by atoms with Crippen LogP contribution < -0.4 is 9.47 Å². The number of carbonyl (C=O) groups is 1. The molecule has 0 saturated carbocycles. The van der Waals surface area contributed by atoms with Crippen molar-refractivity contribution in [1.29, 1.82) is 0 Å². The SMILES string of the molecule is O=C(O)c1cc(-c2cc(Br)c3c(c2)OCO3)no1. The number of hydrogen-bond acceptors (Lipinski definition) is 5. The summed E-state index contributed by atoms with van der Waals surface area (Å²) in [5, 5.41) is 12.5. The molecule has 0 radical (unpaired) electrons. The highest BCUT2D eigenvalue weighted by Gasteiger charge is 2.20. The number of hydrogen-bond donors (Lipinski definition) is 1. The second kappa shape index (κ2) is 4.02. The standard InChI is InChI=1S/C11H6BrNO5/c12-6-1-5(2-8-10(6)17-4-16-8)7-3-9(11(14)15)18-13-7/h1-3H,4H2,(H,14,15). The van der Waals surface area contributed by atoms with E-state index in [0.29, 0.717) is 27.2 Å². The minimum absolute atomic E-state index is 0.163. The summed E-state index contributed by atoms with van der Waals surface area (Å²) in [5.74, 6) is -0.160. The van der Waals surface area contributed by atoms with Crippen LogP contribution in [0.25, 0.3) is 11.3 Å². The number of fused-ring (bicyclic) bond motifs is 1. The van der Waals surface area contributed by atoms with Crippen molar-refractivity contribution in [1.82, 2.24) is 5.16 Å². The van der Waals surface area contributed by atoms with Crippen LogP contribution in [0.2, 0.25) is 0 Å². The largest absolute Gasteiger partial charge is 0.475 e. The van der Waals surface area contributed by atoms with E-state index in [4.69, 9.17) is 19.1 Å². The molecule has 92 valence electrons. The first-order valence-corrected chi connectivity index (χ1v) is 5.74. The number of carboxylic acids is 1. The van der Waals surface area contributed by atoms with Gasteiger partial charge in [0.2, 0.25) is 12.6 Å². The molecule has 7 heteroatoms. The van der Waals surface area contributed by atoms with Crippen molar-refractivity contribution in [2.45, 2.75) is 0 Å². The van der Waals surface area contributed by atoms with Crippen molar-refractivity contribution in [2.24, 2.45) is 0 Å². The Morgan fingerprint density at radius 3 is 2.89 bits per heavy atom. The third-order valence-corrected chi connectivity index (χ3v) is 3.03. The first-order chi connectivity index (χ1) is 8.65. The Kier molecular flexibility index (Phi) is 2.48. The van der Waals surface area contributed by atoms with E-state index < -0.39 is 5.97 Å². The van der Waals surface area contributed by atoms with Gasteiger partial charge in [0.25, 0.3) is 0 Å². The highest BCUT2D eigenvalue weighted by Crippen LogP contribution is 2.42. The Morgan fingerprint density at radius 2 is 2.17 bits per heavy atom. The van der Waals surface area contributed by atoms with Gasteiger partial charge in [-0.3, -0.25) is 0 Å². The van der Waals surface area contributed by atoms with Crippen molar-refractivity contribution < 1.29 is 23.9 Å². The molecule has 0 spiro atoms. The van der Waals surface area contributed by atoms with Crippen LogP contribution in [0, 0.1) is 0 Å². The average molecular weight is 312 g/mol. The smallest absolute Gasteiger partial charge is 0.374 e. The van der Waals surface area contributed by atoms with Gasteiger partial charge in [0.05, 0.1) is 4.47 Å². The van der Waals surface area contributed by atoms with Gasteiger partial charge in [0, 0.05) is 11.6 Å². The second-order valence-corrected chi connectivity index (χ2v) is 4.43. The number of nitrogens with zero attached hydrogens (tertiary/aromatic N) is 1. The summed E-state index contributed by atoms with van der Waals surface area (Å²) < 4.78 is 15.9. The molecule has 0 atom stereocenters. The van der Waals surface area contributed by atoms with Crippen LogP contribution >= 0.6 is 15.9 Å². The summed E-state index contributed by atoms with van der Waals surface area (Å²) in [6.07, 6.45) is 0. The van der Waals surface area contributed by atoms with Gasteiger partial charge in [-0.15, -0.1) is 0 Å². The maximum absolute atomic E-state index is 10.7. The van der Waals surface area contributed by atoms with Crippen molar-refractivity contribution in [3.05, 3.63) is 28.4 Å². The summed E-state index contributed by atoms with van der Waals surface area (Å²) in [6.45, 7) is 0.163. The number of halogens is 1. The van der Waals surface area contributed by atoms with Crippen LogP contribution in [-0.4, -0.2) is 23.0 Å². The van der Waals surface area contributed by atoms with E-state index in [1.807, 2.05) is 0 Å². The molecular weight excluding hydrogens is 306 g/mol. The zero-order valence-electron chi connectivity index (χ0n) is 8.84. The van der Waals surface area contributed by atoms with Crippen molar-refractivity contribution in [3.63, 3.8) is 0 Å². The molecule has 3 rings (SSSR count). The second-order valence-electron chi connectivity index (χ2n) is 3.57. The summed E-state index contributed by atoms with van der Waals surface area (Å²) in [4.78, 5) is 10.7. The summed E-state index contributed by atoms with van der Waals surface area (Å²) >= 11 is 3.35. The molecule has 0 aliphatic carbocycles. The zero-order chi connectivity index (χ0) is 12.7. The van der Waals surface area contributed by atoms with E-state index in [1.54, 1.807) is 12.1 Å². The van der Waals surface area contributed by atoms with Gasteiger partial charge in [-0.1, -0.05) is 5.16 Å². The molecule has 0 bridgehead atoms. The lowest BCUT2D eigenvalue weighted by Gasteiger charge is -2.01. The minimum atomic E-state index is -1.16. The molecule has 1 aliphatic heterocycles. The molecule has 0 saturated heterocycles. The maximum Gasteiger partial charge on any atom is 0.374 e. The highest BCUT2D eigenvalue weighted by atomic mass is 79.9. The van der Waals surface area contributed by atoms with Gasteiger partial charge in [-0.05, 0) is 28.1 Å². The normalized spacial score (nSPS) is 12.7. The Balaban J connectivity index is 2.06. The number of benzene rings is 1. The van der Waals surface area contributed by atoms with Crippen LogP contribution in [0.15, 0.2) is 27.2 Å². The fraction of sp³-hybridized carbons (Fsp3) is 0.0909. The summed E-state index contributed by atoms with van der Waals surface area (Å²) in [6, 6.07) is 4.83. The topological polar surface area (TPSA) is 81.8 Å². The van der Waals surface area contributed by atoms with Gasteiger partial charge in [0.15, 0.2) is 11.5 Å². The monoisotopic (exact) mass is 311 g/mol. The molecule has 0 fully saturated rings. The molecular formula is C11H6BrNO5. The number of aromatic nitrogens is 1. The Bertz CT molecular complexity index is 636. The molecule has 1 aromatic heterocycles. The summed E-state index contributed by atoms with van der Waals surface area (Å²) in [5.41, 5.74) is 1.11. The van der Waals surface area contributed by atoms with Gasteiger partial charge in [-0.2, -0.15) is 0 Å². The van der Waals surface area contributed by atoms with Gasteiger partial charge in [0.1, 0.15) is 5.69 Å². The molecule has 18 heavy (non-hydrogen) atoms. The van der Waals surface area contributed by atoms with Crippen LogP contribution in [0.1, 0.15) is 10.6 Å². The van der Waals surface area contributed by atoms with E-state index in [9.17, 15) is 4.79 Å². The van der Waals surface area contributed by atoms with Gasteiger partial charge < -0.3 is 19.1 Å². The minimum Gasteiger partial charge on any atom is -0.475 e. The predicted octanol–water partition coefficient (Wildman–Crippen LogP) is 2.53. The Labute approximate surface area is 109 Å². The number of carboxylic acid groups (broad SMARTS) is 1. The van der Waals surface area contributed by atoms with Crippen molar-refractivity contribution in [2.75, 3.05) is 6.79 Å². The number of rotatable bonds is 2. The van der Waals surface area contributed by atoms with E-state index in [2.05, 4.69) is 21.1 Å². The van der Waals surface area contributed by atoms with Crippen molar-refractivity contribution in [3.8, 4) is 22.8 Å². The lowest BCUT2D eigenvalue weighted by Crippen LogP contribution is -1.93. The first kappa shape index (κ1) is 11.1. The summed E-state index contributed by atoms with van der Waals surface area (Å²) in [7, 11) is 0. The van der Waals surface area contributed by atoms with Crippen LogP contribution in [-0.2, 0) is 0 Å². The average Bonchev–Trinajstić information content (AvgIpc) is 2.97.